The van der Waals surface area contributed by atoms with Crippen LogP contribution in [0.5, 0.6) is 5.75 Å². The Morgan fingerprint density at radius 2 is 1.35 bits per heavy atom. The second kappa shape index (κ2) is 15.8. The first-order chi connectivity index (χ1) is 16.8. The van der Waals surface area contributed by atoms with Gasteiger partial charge in [0.15, 0.2) is 0 Å². The molecule has 182 valence electrons. The van der Waals surface area contributed by atoms with E-state index in [0.717, 1.165) is 43.1 Å². The zero-order chi connectivity index (χ0) is 23.7. The number of hydrogen-bond donors (Lipinski definition) is 0. The Bertz CT molecular complexity index is 918. The van der Waals surface area contributed by atoms with Crippen LogP contribution in [0.25, 0.3) is 0 Å². The molecule has 1 aromatic heterocycles. The summed E-state index contributed by atoms with van der Waals surface area (Å²) in [4.78, 5) is 4.08. The Kier molecular flexibility index (Phi) is 11.9. The standard InChI is InChI=1S/C29H40N4O/c1-2-3-12-26-13-15-27(16-14-26)31-32-28-17-19-29(20-18-28)34-24-11-9-7-5-4-6-8-10-22-33-23-21-30-25-33/h13-21,23,25H,2-12,22,24H2,1H3. The average molecular weight is 461 g/mol. The lowest BCUT2D eigenvalue weighted by molar-refractivity contribution is 0.304. The fourth-order valence-corrected chi connectivity index (χ4v) is 3.90. The number of hydrogen-bond acceptors (Lipinski definition) is 4. The fourth-order valence-electron chi connectivity index (χ4n) is 3.90. The minimum absolute atomic E-state index is 0.774. The van der Waals surface area contributed by atoms with Gasteiger partial charge < -0.3 is 9.30 Å². The van der Waals surface area contributed by atoms with Gasteiger partial charge in [-0.1, -0.05) is 64.0 Å². The van der Waals surface area contributed by atoms with Crippen LogP contribution in [0.15, 0.2) is 77.5 Å². The van der Waals surface area contributed by atoms with Crippen molar-refractivity contribution in [3.8, 4) is 5.75 Å². The Morgan fingerprint density at radius 1 is 0.735 bits per heavy atom. The van der Waals surface area contributed by atoms with Crippen LogP contribution in [0.4, 0.5) is 11.4 Å². The monoisotopic (exact) mass is 460 g/mol. The van der Waals surface area contributed by atoms with Gasteiger partial charge in [-0.3, -0.25) is 0 Å². The van der Waals surface area contributed by atoms with Crippen molar-refractivity contribution < 1.29 is 4.74 Å². The fraction of sp³-hybridized carbons (Fsp3) is 0.483. The predicted octanol–water partition coefficient (Wildman–Crippen LogP) is 8.84. The molecule has 0 spiro atoms. The maximum absolute atomic E-state index is 5.88. The summed E-state index contributed by atoms with van der Waals surface area (Å²) in [7, 11) is 0. The van der Waals surface area contributed by atoms with Crippen LogP contribution in [0.2, 0.25) is 0 Å². The van der Waals surface area contributed by atoms with Crippen molar-refractivity contribution in [2.45, 2.75) is 84.1 Å². The third kappa shape index (κ3) is 10.3. The van der Waals surface area contributed by atoms with Gasteiger partial charge in [0, 0.05) is 18.9 Å². The molecule has 1 heterocycles. The molecule has 0 bridgehead atoms. The van der Waals surface area contributed by atoms with Crippen LogP contribution in [0.3, 0.4) is 0 Å². The van der Waals surface area contributed by atoms with E-state index < -0.39 is 0 Å². The molecule has 0 amide bonds. The lowest BCUT2D eigenvalue weighted by Gasteiger charge is -2.06. The molecule has 0 saturated heterocycles. The minimum atomic E-state index is 0.774. The van der Waals surface area contributed by atoms with Gasteiger partial charge >= 0.3 is 0 Å². The Labute approximate surface area is 205 Å². The molecule has 0 aliphatic carbocycles. The summed E-state index contributed by atoms with van der Waals surface area (Å²) < 4.78 is 8.04. The number of aryl methyl sites for hydroxylation is 2. The molecule has 0 aliphatic rings. The maximum atomic E-state index is 5.88. The van der Waals surface area contributed by atoms with E-state index in [-0.39, 0.29) is 0 Å². The quantitative estimate of drug-likeness (QED) is 0.149. The van der Waals surface area contributed by atoms with Crippen LogP contribution >= 0.6 is 0 Å². The average Bonchev–Trinajstić information content (AvgIpc) is 3.40. The van der Waals surface area contributed by atoms with Crippen LogP contribution in [0, 0.1) is 0 Å². The van der Waals surface area contributed by atoms with Crippen molar-refractivity contribution in [3.05, 3.63) is 72.8 Å². The number of nitrogens with zero attached hydrogens (tertiary/aromatic N) is 4. The largest absolute Gasteiger partial charge is 0.494 e. The summed E-state index contributed by atoms with van der Waals surface area (Å²) in [5, 5.41) is 8.69. The Morgan fingerprint density at radius 3 is 1.97 bits per heavy atom. The first-order valence-corrected chi connectivity index (χ1v) is 13.0. The Hall–Kier alpha value is -2.95. The summed E-state index contributed by atoms with van der Waals surface area (Å²) in [5.41, 5.74) is 3.09. The lowest BCUT2D eigenvalue weighted by atomic mass is 10.1. The number of unbranched alkanes of at least 4 members (excludes halogenated alkanes) is 8. The van der Waals surface area contributed by atoms with E-state index in [2.05, 4.69) is 38.8 Å². The number of azo groups is 1. The van der Waals surface area contributed by atoms with Gasteiger partial charge in [0.1, 0.15) is 5.75 Å². The molecular weight excluding hydrogens is 420 g/mol. The predicted molar refractivity (Wildman–Crippen MR) is 140 cm³/mol. The summed E-state index contributed by atoms with van der Waals surface area (Å²) in [5.74, 6) is 0.900. The van der Waals surface area contributed by atoms with Gasteiger partial charge in [0.2, 0.25) is 0 Å². The maximum Gasteiger partial charge on any atom is 0.119 e. The summed E-state index contributed by atoms with van der Waals surface area (Å²) in [6, 6.07) is 16.2. The Balaban J connectivity index is 1.21. The van der Waals surface area contributed by atoms with E-state index in [1.54, 1.807) is 0 Å². The van der Waals surface area contributed by atoms with E-state index in [0.29, 0.717) is 0 Å². The normalized spacial score (nSPS) is 11.3. The van der Waals surface area contributed by atoms with Crippen LogP contribution in [0.1, 0.15) is 76.7 Å². The van der Waals surface area contributed by atoms with Crippen LogP contribution in [-0.4, -0.2) is 16.2 Å². The van der Waals surface area contributed by atoms with Gasteiger partial charge in [-0.15, -0.1) is 0 Å². The molecule has 5 heteroatoms. The minimum Gasteiger partial charge on any atom is -0.494 e. The van der Waals surface area contributed by atoms with E-state index in [9.17, 15) is 0 Å². The van der Waals surface area contributed by atoms with Gasteiger partial charge in [0.25, 0.3) is 0 Å². The van der Waals surface area contributed by atoms with Crippen molar-refractivity contribution in [1.82, 2.24) is 9.55 Å². The van der Waals surface area contributed by atoms with Crippen molar-refractivity contribution in [2.24, 2.45) is 10.2 Å². The molecule has 0 unspecified atom stereocenters. The second-order valence-electron chi connectivity index (χ2n) is 8.94. The zero-order valence-corrected chi connectivity index (χ0v) is 20.7. The first-order valence-electron chi connectivity index (χ1n) is 13.0. The molecule has 3 rings (SSSR count). The smallest absolute Gasteiger partial charge is 0.119 e. The number of imidazole rings is 1. The molecule has 2 aromatic carbocycles. The van der Waals surface area contributed by atoms with Crippen LogP contribution < -0.4 is 4.74 Å². The summed E-state index contributed by atoms with van der Waals surface area (Å²) in [6.45, 7) is 4.08. The molecular formula is C29H40N4O. The highest BCUT2D eigenvalue weighted by Crippen LogP contribution is 2.22. The van der Waals surface area contributed by atoms with Crippen molar-refractivity contribution in [1.29, 1.82) is 0 Å². The highest BCUT2D eigenvalue weighted by atomic mass is 16.5. The van der Waals surface area contributed by atoms with Crippen molar-refractivity contribution in [3.63, 3.8) is 0 Å². The number of rotatable bonds is 17. The summed E-state index contributed by atoms with van der Waals surface area (Å²) in [6.07, 6.45) is 19.5. The molecule has 0 atom stereocenters. The lowest BCUT2D eigenvalue weighted by Crippen LogP contribution is -1.97. The molecule has 0 radical (unpaired) electrons. The van der Waals surface area contributed by atoms with E-state index in [4.69, 9.17) is 4.74 Å². The van der Waals surface area contributed by atoms with Gasteiger partial charge in [-0.05, 0) is 67.6 Å². The van der Waals surface area contributed by atoms with E-state index in [1.807, 2.05) is 55.1 Å². The van der Waals surface area contributed by atoms with E-state index >= 15 is 0 Å². The summed E-state index contributed by atoms with van der Waals surface area (Å²) >= 11 is 0. The van der Waals surface area contributed by atoms with Gasteiger partial charge in [-0.25, -0.2) is 4.98 Å². The SMILES string of the molecule is CCCCc1ccc(N=Nc2ccc(OCCCCCCCCCCn3ccnc3)cc2)cc1. The molecule has 0 fully saturated rings. The van der Waals surface area contributed by atoms with E-state index in [1.165, 1.54) is 63.4 Å². The zero-order valence-electron chi connectivity index (χ0n) is 20.7. The molecule has 3 aromatic rings. The van der Waals surface area contributed by atoms with Crippen molar-refractivity contribution >= 4 is 11.4 Å². The molecule has 5 nitrogen and oxygen atoms in total. The molecule has 34 heavy (non-hydrogen) atoms. The first kappa shape index (κ1) is 25.7. The number of benzene rings is 2. The van der Waals surface area contributed by atoms with Gasteiger partial charge in [-0.2, -0.15) is 10.2 Å². The van der Waals surface area contributed by atoms with Gasteiger partial charge in [0.05, 0.1) is 24.3 Å². The number of aromatic nitrogens is 2. The van der Waals surface area contributed by atoms with Crippen molar-refractivity contribution in [2.75, 3.05) is 6.61 Å². The molecule has 0 aliphatic heterocycles. The highest BCUT2D eigenvalue weighted by molar-refractivity contribution is 5.43. The van der Waals surface area contributed by atoms with Crippen LogP contribution in [-0.2, 0) is 13.0 Å². The second-order valence-corrected chi connectivity index (χ2v) is 8.94. The third-order valence-electron chi connectivity index (χ3n) is 6.01. The highest BCUT2D eigenvalue weighted by Gasteiger charge is 1.98. The third-order valence-corrected chi connectivity index (χ3v) is 6.01. The topological polar surface area (TPSA) is 51.8 Å². The number of ether oxygens (including phenoxy) is 1. The molecule has 0 N–H and O–H groups in total. The molecule has 0 saturated carbocycles.